The molecule has 2 aromatic rings. The van der Waals surface area contributed by atoms with E-state index in [4.69, 9.17) is 0 Å². The highest BCUT2D eigenvalue weighted by Gasteiger charge is 2.04. The Morgan fingerprint density at radius 1 is 1.22 bits per heavy atom. The predicted octanol–water partition coefficient (Wildman–Crippen LogP) is 2.84. The molecule has 1 heterocycles. The first kappa shape index (κ1) is 13.3. The lowest BCUT2D eigenvalue weighted by Crippen LogP contribution is -2.27. The highest BCUT2D eigenvalue weighted by atomic mass is 79.9. The number of aromatic nitrogens is 2. The molecule has 0 spiro atoms. The summed E-state index contributed by atoms with van der Waals surface area (Å²) in [6, 6.07) is 7.26. The van der Waals surface area contributed by atoms with Crippen LogP contribution < -0.4 is 5.32 Å². The van der Waals surface area contributed by atoms with Crippen LogP contribution in [0.2, 0.25) is 0 Å². The molecule has 0 bridgehead atoms. The number of rotatable bonds is 4. The summed E-state index contributed by atoms with van der Waals surface area (Å²) < 4.78 is 3.66. The van der Waals surface area contributed by atoms with Crippen molar-refractivity contribution >= 4 is 37.8 Å². The van der Waals surface area contributed by atoms with Crippen molar-refractivity contribution in [2.24, 2.45) is 0 Å². The van der Waals surface area contributed by atoms with E-state index in [1.54, 1.807) is 23.0 Å². The number of benzene rings is 1. The van der Waals surface area contributed by atoms with E-state index in [2.05, 4.69) is 42.3 Å². The molecule has 1 N–H and O–H groups in total. The molecule has 0 saturated carbocycles. The first-order chi connectivity index (χ1) is 8.65. The Bertz CT molecular complexity index is 537. The fraction of sp³-hybridized carbons (Fsp3) is 0.167. The highest BCUT2D eigenvalue weighted by molar-refractivity contribution is 9.10. The minimum atomic E-state index is -0.0753. The predicted molar refractivity (Wildman–Crippen MR) is 76.4 cm³/mol. The van der Waals surface area contributed by atoms with Gasteiger partial charge < -0.3 is 5.32 Å². The Morgan fingerprint density at radius 2 is 1.94 bits per heavy atom. The lowest BCUT2D eigenvalue weighted by atomic mass is 10.2. The largest absolute Gasteiger partial charge is 0.350 e. The Labute approximate surface area is 122 Å². The van der Waals surface area contributed by atoms with Gasteiger partial charge in [0.1, 0.15) is 0 Å². The molecule has 0 aliphatic carbocycles. The molecule has 0 aliphatic rings. The van der Waals surface area contributed by atoms with Gasteiger partial charge in [-0.15, -0.1) is 0 Å². The summed E-state index contributed by atoms with van der Waals surface area (Å²) in [6.07, 6.45) is 3.59. The fourth-order valence-electron chi connectivity index (χ4n) is 1.45. The standard InChI is InChI=1S/C12H11Br2N3O/c13-10-3-1-9(2-4-10)12(18)15-5-6-17-8-11(14)7-16-17/h1-4,7-8H,5-6H2,(H,15,18). The number of hydrogen-bond acceptors (Lipinski definition) is 2. The molecule has 0 aliphatic heterocycles. The van der Waals surface area contributed by atoms with Crippen molar-refractivity contribution in [2.45, 2.75) is 6.54 Å². The van der Waals surface area contributed by atoms with Gasteiger partial charge in [-0.25, -0.2) is 0 Å². The zero-order valence-corrected chi connectivity index (χ0v) is 12.6. The zero-order valence-electron chi connectivity index (χ0n) is 9.44. The van der Waals surface area contributed by atoms with Crippen LogP contribution in [-0.4, -0.2) is 22.2 Å². The number of nitrogens with zero attached hydrogens (tertiary/aromatic N) is 2. The lowest BCUT2D eigenvalue weighted by Gasteiger charge is -2.05. The molecular weight excluding hydrogens is 362 g/mol. The molecule has 18 heavy (non-hydrogen) atoms. The van der Waals surface area contributed by atoms with Crippen molar-refractivity contribution in [2.75, 3.05) is 6.54 Å². The Kier molecular flexibility index (Phi) is 4.54. The zero-order chi connectivity index (χ0) is 13.0. The number of amides is 1. The summed E-state index contributed by atoms with van der Waals surface area (Å²) in [5.74, 6) is -0.0753. The van der Waals surface area contributed by atoms with Gasteiger partial charge in [-0.2, -0.15) is 5.10 Å². The van der Waals surface area contributed by atoms with Crippen molar-refractivity contribution in [3.05, 3.63) is 51.2 Å². The first-order valence-electron chi connectivity index (χ1n) is 5.37. The van der Waals surface area contributed by atoms with Crippen LogP contribution >= 0.6 is 31.9 Å². The number of carbonyl (C=O) groups excluding carboxylic acids is 1. The van der Waals surface area contributed by atoms with Crippen LogP contribution in [0.5, 0.6) is 0 Å². The molecule has 4 nitrogen and oxygen atoms in total. The molecule has 1 aromatic heterocycles. The molecule has 6 heteroatoms. The van der Waals surface area contributed by atoms with Crippen LogP contribution in [0.3, 0.4) is 0 Å². The van der Waals surface area contributed by atoms with Crippen molar-refractivity contribution < 1.29 is 4.79 Å². The lowest BCUT2D eigenvalue weighted by molar-refractivity contribution is 0.0952. The van der Waals surface area contributed by atoms with Crippen molar-refractivity contribution in [1.82, 2.24) is 15.1 Å². The molecule has 0 radical (unpaired) electrons. The minimum absolute atomic E-state index is 0.0753. The van der Waals surface area contributed by atoms with Crippen molar-refractivity contribution in [3.8, 4) is 0 Å². The second-order valence-corrected chi connectivity index (χ2v) is 5.52. The van der Waals surface area contributed by atoms with Gasteiger partial charge in [-0.3, -0.25) is 9.48 Å². The summed E-state index contributed by atoms with van der Waals surface area (Å²) in [5.41, 5.74) is 0.653. The Balaban J connectivity index is 1.83. The molecule has 1 amide bonds. The number of carbonyl (C=O) groups is 1. The van der Waals surface area contributed by atoms with Gasteiger partial charge in [0.25, 0.3) is 5.91 Å². The summed E-state index contributed by atoms with van der Waals surface area (Å²) in [4.78, 5) is 11.8. The van der Waals surface area contributed by atoms with Gasteiger partial charge in [0.2, 0.25) is 0 Å². The number of halogens is 2. The topological polar surface area (TPSA) is 46.9 Å². The van der Waals surface area contributed by atoms with Crippen molar-refractivity contribution in [1.29, 1.82) is 0 Å². The molecule has 94 valence electrons. The van der Waals surface area contributed by atoms with Crippen LogP contribution in [0, 0.1) is 0 Å². The third kappa shape index (κ3) is 3.68. The first-order valence-corrected chi connectivity index (χ1v) is 6.95. The monoisotopic (exact) mass is 371 g/mol. The van der Waals surface area contributed by atoms with E-state index in [0.717, 1.165) is 8.95 Å². The van der Waals surface area contributed by atoms with Gasteiger partial charge in [0.05, 0.1) is 17.2 Å². The third-order valence-corrected chi connectivity index (χ3v) is 3.27. The summed E-state index contributed by atoms with van der Waals surface area (Å²) in [5, 5.41) is 6.96. The maximum absolute atomic E-state index is 11.8. The second kappa shape index (κ2) is 6.15. The molecule has 0 atom stereocenters. The minimum Gasteiger partial charge on any atom is -0.350 e. The SMILES string of the molecule is O=C(NCCn1cc(Br)cn1)c1ccc(Br)cc1. The third-order valence-electron chi connectivity index (χ3n) is 2.33. The summed E-state index contributed by atoms with van der Waals surface area (Å²) in [6.45, 7) is 1.19. The average molecular weight is 373 g/mol. The van der Waals surface area contributed by atoms with Crippen LogP contribution in [0.1, 0.15) is 10.4 Å². The smallest absolute Gasteiger partial charge is 0.251 e. The number of hydrogen-bond donors (Lipinski definition) is 1. The summed E-state index contributed by atoms with van der Waals surface area (Å²) in [7, 11) is 0. The van der Waals surface area contributed by atoms with Crippen LogP contribution in [0.4, 0.5) is 0 Å². The van der Waals surface area contributed by atoms with Gasteiger partial charge in [0.15, 0.2) is 0 Å². The van der Waals surface area contributed by atoms with E-state index >= 15 is 0 Å². The Hall–Kier alpha value is -1.14. The average Bonchev–Trinajstić information content (AvgIpc) is 2.76. The van der Waals surface area contributed by atoms with Gasteiger partial charge >= 0.3 is 0 Å². The molecule has 0 fully saturated rings. The van der Waals surface area contributed by atoms with Gasteiger partial charge in [-0.1, -0.05) is 15.9 Å². The van der Waals surface area contributed by atoms with Crippen LogP contribution in [0.25, 0.3) is 0 Å². The molecule has 1 aromatic carbocycles. The van der Waals surface area contributed by atoms with Crippen LogP contribution in [0.15, 0.2) is 45.6 Å². The van der Waals surface area contributed by atoms with E-state index in [9.17, 15) is 4.79 Å². The highest BCUT2D eigenvalue weighted by Crippen LogP contribution is 2.10. The molecular formula is C12H11Br2N3O. The quantitative estimate of drug-likeness (QED) is 0.896. The molecule has 2 rings (SSSR count). The van der Waals surface area contributed by atoms with E-state index in [1.807, 2.05) is 18.3 Å². The number of nitrogens with one attached hydrogen (secondary N) is 1. The second-order valence-electron chi connectivity index (χ2n) is 3.68. The summed E-state index contributed by atoms with van der Waals surface area (Å²) >= 11 is 6.65. The normalized spacial score (nSPS) is 10.3. The van der Waals surface area contributed by atoms with Crippen molar-refractivity contribution in [3.63, 3.8) is 0 Å². The van der Waals surface area contributed by atoms with Crippen LogP contribution in [-0.2, 0) is 6.54 Å². The molecule has 0 saturated heterocycles. The maximum Gasteiger partial charge on any atom is 0.251 e. The van der Waals surface area contributed by atoms with E-state index in [1.165, 1.54) is 0 Å². The Morgan fingerprint density at radius 3 is 2.56 bits per heavy atom. The fourth-order valence-corrected chi connectivity index (χ4v) is 2.04. The van der Waals surface area contributed by atoms with E-state index in [-0.39, 0.29) is 5.91 Å². The van der Waals surface area contributed by atoms with E-state index < -0.39 is 0 Å². The van der Waals surface area contributed by atoms with Gasteiger partial charge in [-0.05, 0) is 40.2 Å². The molecule has 0 unspecified atom stereocenters. The maximum atomic E-state index is 11.8. The van der Waals surface area contributed by atoms with Gasteiger partial charge in [0, 0.05) is 22.8 Å². The van der Waals surface area contributed by atoms with E-state index in [0.29, 0.717) is 18.7 Å².